The third-order valence-corrected chi connectivity index (χ3v) is 5.27. The highest BCUT2D eigenvalue weighted by atomic mass is 32.2. The lowest BCUT2D eigenvalue weighted by Crippen LogP contribution is -2.45. The Labute approximate surface area is 124 Å². The van der Waals surface area contributed by atoms with E-state index in [0.29, 0.717) is 25.0 Å². The van der Waals surface area contributed by atoms with Gasteiger partial charge >= 0.3 is 0 Å². The highest BCUT2D eigenvalue weighted by Gasteiger charge is 2.32. The minimum Gasteiger partial charge on any atom is -0.396 e. The molecular weight excluding hydrogens is 295 g/mol. The summed E-state index contributed by atoms with van der Waals surface area (Å²) >= 11 is 0. The van der Waals surface area contributed by atoms with E-state index in [0.717, 1.165) is 12.1 Å². The molecular formula is C14H21FN2O3S. The van der Waals surface area contributed by atoms with Gasteiger partial charge in [0.15, 0.2) is 0 Å². The molecule has 0 amide bonds. The lowest BCUT2D eigenvalue weighted by molar-refractivity contribution is -0.0599. The van der Waals surface area contributed by atoms with Crippen molar-refractivity contribution in [3.63, 3.8) is 0 Å². The Morgan fingerprint density at radius 3 is 2.71 bits per heavy atom. The highest BCUT2D eigenvalue weighted by Crippen LogP contribution is 2.26. The van der Waals surface area contributed by atoms with E-state index in [-0.39, 0.29) is 22.2 Å². The van der Waals surface area contributed by atoms with Crippen LogP contribution in [0.25, 0.3) is 0 Å². The van der Waals surface area contributed by atoms with Gasteiger partial charge in [-0.15, -0.1) is 0 Å². The molecule has 3 N–H and O–H groups in total. The van der Waals surface area contributed by atoms with Crippen molar-refractivity contribution in [1.29, 1.82) is 0 Å². The number of ether oxygens (including phenoxy) is 1. The second kappa shape index (κ2) is 5.55. The van der Waals surface area contributed by atoms with Gasteiger partial charge in [-0.3, -0.25) is 0 Å². The molecule has 0 saturated carbocycles. The van der Waals surface area contributed by atoms with Crippen molar-refractivity contribution in [3.8, 4) is 0 Å². The molecule has 118 valence electrons. The number of nitrogens with one attached hydrogen (secondary N) is 1. The zero-order valence-corrected chi connectivity index (χ0v) is 13.3. The molecule has 1 saturated heterocycles. The second-order valence-corrected chi connectivity index (χ2v) is 7.74. The summed E-state index contributed by atoms with van der Waals surface area (Å²) in [5.74, 6) is -0.612. The number of anilines is 1. The molecule has 1 heterocycles. The van der Waals surface area contributed by atoms with E-state index >= 15 is 0 Å². The number of halogens is 1. The summed E-state index contributed by atoms with van der Waals surface area (Å²) in [5.41, 5.74) is 5.28. The lowest BCUT2D eigenvalue weighted by Gasteiger charge is -2.35. The van der Waals surface area contributed by atoms with Gasteiger partial charge in [0, 0.05) is 12.6 Å². The molecule has 0 bridgehead atoms. The second-order valence-electron chi connectivity index (χ2n) is 6.06. The molecule has 0 radical (unpaired) electrons. The summed E-state index contributed by atoms with van der Waals surface area (Å²) in [6.07, 6.45) is 1.19. The average Bonchev–Trinajstić information content (AvgIpc) is 2.31. The maximum atomic E-state index is 13.4. The molecule has 1 fully saturated rings. The fourth-order valence-electron chi connectivity index (χ4n) is 2.57. The minimum absolute atomic E-state index is 0.0192. The van der Waals surface area contributed by atoms with Gasteiger partial charge in [-0.05, 0) is 51.3 Å². The molecule has 1 aromatic rings. The van der Waals surface area contributed by atoms with Gasteiger partial charge in [0.2, 0.25) is 10.0 Å². The quantitative estimate of drug-likeness (QED) is 0.835. The van der Waals surface area contributed by atoms with E-state index in [9.17, 15) is 12.8 Å². The van der Waals surface area contributed by atoms with Crippen molar-refractivity contribution in [3.05, 3.63) is 23.5 Å². The molecule has 1 unspecified atom stereocenters. The number of sulfonamides is 1. The summed E-state index contributed by atoms with van der Waals surface area (Å²) < 4.78 is 46.5. The maximum Gasteiger partial charge on any atom is 0.241 e. The van der Waals surface area contributed by atoms with Crippen LogP contribution in [0.3, 0.4) is 0 Å². The highest BCUT2D eigenvalue weighted by molar-refractivity contribution is 7.89. The first kappa shape index (κ1) is 16.2. The summed E-state index contributed by atoms with van der Waals surface area (Å²) in [4.78, 5) is 0.0192. The smallest absolute Gasteiger partial charge is 0.241 e. The van der Waals surface area contributed by atoms with Crippen molar-refractivity contribution < 1.29 is 17.5 Å². The Morgan fingerprint density at radius 1 is 1.43 bits per heavy atom. The molecule has 2 rings (SSSR count). The molecule has 1 aliphatic heterocycles. The lowest BCUT2D eigenvalue weighted by atomic mass is 9.95. The fraction of sp³-hybridized carbons (Fsp3) is 0.571. The SMILES string of the molecule is Cc1cc(F)c(N)cc1S(=O)(=O)NC1CCOC(C)(C)C1. The van der Waals surface area contributed by atoms with E-state index in [2.05, 4.69) is 4.72 Å². The van der Waals surface area contributed by atoms with Gasteiger partial charge in [0.25, 0.3) is 0 Å². The van der Waals surface area contributed by atoms with Crippen LogP contribution in [0, 0.1) is 12.7 Å². The minimum atomic E-state index is -3.73. The molecule has 0 aliphatic carbocycles. The van der Waals surface area contributed by atoms with Crippen LogP contribution in [0.15, 0.2) is 17.0 Å². The first-order chi connectivity index (χ1) is 9.61. The average molecular weight is 316 g/mol. The summed E-state index contributed by atoms with van der Waals surface area (Å²) in [5, 5.41) is 0. The van der Waals surface area contributed by atoms with Crippen LogP contribution in [-0.4, -0.2) is 26.7 Å². The van der Waals surface area contributed by atoms with Crippen LogP contribution in [-0.2, 0) is 14.8 Å². The molecule has 1 aromatic carbocycles. The largest absolute Gasteiger partial charge is 0.396 e. The van der Waals surface area contributed by atoms with Crippen molar-refractivity contribution in [2.45, 2.75) is 50.2 Å². The van der Waals surface area contributed by atoms with E-state index in [1.165, 1.54) is 0 Å². The number of hydrogen-bond donors (Lipinski definition) is 2. The van der Waals surface area contributed by atoms with Gasteiger partial charge in [-0.25, -0.2) is 17.5 Å². The number of nitrogen functional groups attached to an aromatic ring is 1. The molecule has 0 aromatic heterocycles. The van der Waals surface area contributed by atoms with Crippen molar-refractivity contribution in [1.82, 2.24) is 4.72 Å². The van der Waals surface area contributed by atoms with Gasteiger partial charge in [0.1, 0.15) is 5.82 Å². The number of aryl methyl sites for hydroxylation is 1. The predicted molar refractivity (Wildman–Crippen MR) is 78.9 cm³/mol. The van der Waals surface area contributed by atoms with Crippen LogP contribution >= 0.6 is 0 Å². The number of nitrogens with two attached hydrogens (primary N) is 1. The zero-order valence-electron chi connectivity index (χ0n) is 12.4. The Bertz CT molecular complexity index is 644. The number of benzene rings is 1. The van der Waals surface area contributed by atoms with Crippen LogP contribution in [0.5, 0.6) is 0 Å². The third kappa shape index (κ3) is 3.72. The van der Waals surface area contributed by atoms with Crippen LogP contribution in [0.1, 0.15) is 32.3 Å². The standard InChI is InChI=1S/C14H21FN2O3S/c1-9-6-11(15)12(16)7-13(9)21(18,19)17-10-4-5-20-14(2,3)8-10/h6-7,10,17H,4-5,8,16H2,1-3H3. The number of hydrogen-bond acceptors (Lipinski definition) is 4. The Kier molecular flexibility index (Phi) is 4.28. The fourth-order valence-corrected chi connectivity index (χ4v) is 4.11. The van der Waals surface area contributed by atoms with Gasteiger partial charge in [-0.2, -0.15) is 0 Å². The Morgan fingerprint density at radius 2 is 2.10 bits per heavy atom. The van der Waals surface area contributed by atoms with Gasteiger partial charge in [-0.1, -0.05) is 0 Å². The van der Waals surface area contributed by atoms with Crippen molar-refractivity contribution in [2.24, 2.45) is 0 Å². The monoisotopic (exact) mass is 316 g/mol. The Hall–Kier alpha value is -1.18. The summed E-state index contributed by atoms with van der Waals surface area (Å²) in [7, 11) is -3.73. The predicted octanol–water partition coefficient (Wildman–Crippen LogP) is 1.95. The molecule has 21 heavy (non-hydrogen) atoms. The zero-order chi connectivity index (χ0) is 15.8. The Balaban J connectivity index is 2.25. The van der Waals surface area contributed by atoms with Crippen LogP contribution in [0.2, 0.25) is 0 Å². The molecule has 7 heteroatoms. The first-order valence-electron chi connectivity index (χ1n) is 6.83. The van der Waals surface area contributed by atoms with E-state index < -0.39 is 15.8 Å². The summed E-state index contributed by atoms with van der Waals surface area (Å²) in [6.45, 7) is 5.90. The van der Waals surface area contributed by atoms with Crippen molar-refractivity contribution in [2.75, 3.05) is 12.3 Å². The topological polar surface area (TPSA) is 81.4 Å². The molecule has 0 spiro atoms. The normalized spacial score (nSPS) is 22.2. The van der Waals surface area contributed by atoms with Crippen molar-refractivity contribution >= 4 is 15.7 Å². The molecule has 1 aliphatic rings. The van der Waals surface area contributed by atoms with E-state index in [1.54, 1.807) is 6.92 Å². The third-order valence-electron chi connectivity index (χ3n) is 3.60. The van der Waals surface area contributed by atoms with E-state index in [1.807, 2.05) is 13.8 Å². The van der Waals surface area contributed by atoms with Gasteiger partial charge in [0.05, 0.1) is 16.2 Å². The van der Waals surface area contributed by atoms with Crippen LogP contribution < -0.4 is 10.5 Å². The van der Waals surface area contributed by atoms with Gasteiger partial charge < -0.3 is 10.5 Å². The van der Waals surface area contributed by atoms with Crippen LogP contribution in [0.4, 0.5) is 10.1 Å². The molecule has 5 nitrogen and oxygen atoms in total. The first-order valence-corrected chi connectivity index (χ1v) is 8.31. The number of rotatable bonds is 3. The maximum absolute atomic E-state index is 13.4. The molecule has 1 atom stereocenters. The van der Waals surface area contributed by atoms with E-state index in [4.69, 9.17) is 10.5 Å². The summed E-state index contributed by atoms with van der Waals surface area (Å²) in [6, 6.07) is 2.10.